The van der Waals surface area contributed by atoms with Gasteiger partial charge in [0.05, 0.1) is 6.61 Å². The molecule has 3 rings (SSSR count). The summed E-state index contributed by atoms with van der Waals surface area (Å²) in [7, 11) is 1.70. The molecule has 0 aromatic heterocycles. The van der Waals surface area contributed by atoms with Crippen LogP contribution in [0.3, 0.4) is 0 Å². The van der Waals surface area contributed by atoms with Gasteiger partial charge in [0.2, 0.25) is 5.91 Å². The van der Waals surface area contributed by atoms with Gasteiger partial charge in [-0.2, -0.15) is 0 Å². The molecule has 0 bridgehead atoms. The molecule has 0 atom stereocenters. The lowest BCUT2D eigenvalue weighted by atomic mass is 9.95. The van der Waals surface area contributed by atoms with Crippen LogP contribution in [0.2, 0.25) is 0 Å². The molecule has 1 saturated heterocycles. The SMILES string of the molecule is COCCN(CC1CCN(Cc2ccccc2F)CC1)C(=O)CC1CCCC1. The number of amides is 1. The zero-order chi connectivity index (χ0) is 19.8. The van der Waals surface area contributed by atoms with E-state index in [9.17, 15) is 9.18 Å². The third-order valence-corrected chi connectivity index (χ3v) is 6.39. The van der Waals surface area contributed by atoms with Crippen molar-refractivity contribution in [2.45, 2.75) is 51.5 Å². The summed E-state index contributed by atoms with van der Waals surface area (Å²) in [6.07, 6.45) is 7.79. The average Bonchev–Trinajstić information content (AvgIpc) is 3.21. The van der Waals surface area contributed by atoms with Crippen LogP contribution in [0.1, 0.15) is 50.5 Å². The maximum absolute atomic E-state index is 13.9. The van der Waals surface area contributed by atoms with Gasteiger partial charge < -0.3 is 9.64 Å². The summed E-state index contributed by atoms with van der Waals surface area (Å²) in [4.78, 5) is 17.2. The summed E-state index contributed by atoms with van der Waals surface area (Å²) < 4.78 is 19.1. The minimum atomic E-state index is -0.118. The maximum Gasteiger partial charge on any atom is 0.222 e. The first kappa shape index (κ1) is 21.3. The normalized spacial score (nSPS) is 19.2. The van der Waals surface area contributed by atoms with Gasteiger partial charge in [0.15, 0.2) is 0 Å². The van der Waals surface area contributed by atoms with E-state index in [4.69, 9.17) is 4.74 Å². The fourth-order valence-electron chi connectivity index (χ4n) is 4.62. The molecule has 28 heavy (non-hydrogen) atoms. The number of ether oxygens (including phenoxy) is 1. The molecule has 156 valence electrons. The Morgan fingerprint density at radius 1 is 1.14 bits per heavy atom. The van der Waals surface area contributed by atoms with Crippen LogP contribution < -0.4 is 0 Å². The lowest BCUT2D eigenvalue weighted by molar-refractivity contribution is -0.133. The van der Waals surface area contributed by atoms with Crippen molar-refractivity contribution in [3.05, 3.63) is 35.6 Å². The molecule has 1 aliphatic carbocycles. The Morgan fingerprint density at radius 2 is 1.86 bits per heavy atom. The van der Waals surface area contributed by atoms with E-state index in [0.717, 1.165) is 38.0 Å². The molecule has 1 amide bonds. The number of piperidine rings is 1. The number of nitrogens with zero attached hydrogens (tertiary/aromatic N) is 2. The molecule has 4 nitrogen and oxygen atoms in total. The number of hydrogen-bond acceptors (Lipinski definition) is 3. The molecule has 2 aliphatic rings. The lowest BCUT2D eigenvalue weighted by Crippen LogP contribution is -2.42. The Bertz CT molecular complexity index is 610. The molecule has 1 heterocycles. The van der Waals surface area contributed by atoms with E-state index in [1.54, 1.807) is 13.2 Å². The highest BCUT2D eigenvalue weighted by Crippen LogP contribution is 2.28. The van der Waals surface area contributed by atoms with E-state index in [1.807, 2.05) is 17.0 Å². The van der Waals surface area contributed by atoms with Crippen LogP contribution in [0.15, 0.2) is 24.3 Å². The summed E-state index contributed by atoms with van der Waals surface area (Å²) in [5.74, 6) is 1.30. The fraction of sp³-hybridized carbons (Fsp3) is 0.696. The second-order valence-electron chi connectivity index (χ2n) is 8.50. The molecule has 0 N–H and O–H groups in total. The zero-order valence-corrected chi connectivity index (χ0v) is 17.2. The van der Waals surface area contributed by atoms with Crippen molar-refractivity contribution in [3.63, 3.8) is 0 Å². The van der Waals surface area contributed by atoms with E-state index in [2.05, 4.69) is 4.90 Å². The van der Waals surface area contributed by atoms with Crippen molar-refractivity contribution in [1.29, 1.82) is 0 Å². The summed E-state index contributed by atoms with van der Waals surface area (Å²) >= 11 is 0. The topological polar surface area (TPSA) is 32.8 Å². The first-order chi connectivity index (χ1) is 13.7. The van der Waals surface area contributed by atoms with Crippen LogP contribution >= 0.6 is 0 Å². The van der Waals surface area contributed by atoms with Crippen LogP contribution in [-0.4, -0.2) is 55.6 Å². The summed E-state index contributed by atoms with van der Waals surface area (Å²) in [6, 6.07) is 7.04. The number of methoxy groups -OCH3 is 1. The van der Waals surface area contributed by atoms with Crippen LogP contribution in [0, 0.1) is 17.7 Å². The van der Waals surface area contributed by atoms with E-state index < -0.39 is 0 Å². The Kier molecular flexibility index (Phi) is 8.28. The minimum absolute atomic E-state index is 0.118. The summed E-state index contributed by atoms with van der Waals surface area (Å²) in [5.41, 5.74) is 0.773. The molecule has 1 saturated carbocycles. The van der Waals surface area contributed by atoms with Gasteiger partial charge in [-0.3, -0.25) is 9.69 Å². The quantitative estimate of drug-likeness (QED) is 0.637. The van der Waals surface area contributed by atoms with Gasteiger partial charge in [0.1, 0.15) is 5.82 Å². The van der Waals surface area contributed by atoms with Gasteiger partial charge in [-0.1, -0.05) is 31.0 Å². The van der Waals surface area contributed by atoms with E-state index in [-0.39, 0.29) is 5.82 Å². The van der Waals surface area contributed by atoms with Crippen molar-refractivity contribution < 1.29 is 13.9 Å². The number of rotatable bonds is 9. The smallest absolute Gasteiger partial charge is 0.222 e. The second kappa shape index (κ2) is 10.9. The molecule has 0 radical (unpaired) electrons. The number of carbonyl (C=O) groups excluding carboxylic acids is 1. The molecule has 1 aliphatic heterocycles. The largest absolute Gasteiger partial charge is 0.383 e. The van der Waals surface area contributed by atoms with Crippen molar-refractivity contribution in [3.8, 4) is 0 Å². The van der Waals surface area contributed by atoms with Crippen LogP contribution in [0.25, 0.3) is 0 Å². The number of benzene rings is 1. The highest BCUT2D eigenvalue weighted by Gasteiger charge is 2.26. The molecule has 5 heteroatoms. The third-order valence-electron chi connectivity index (χ3n) is 6.39. The molecule has 2 fully saturated rings. The van der Waals surface area contributed by atoms with Crippen LogP contribution in [0.5, 0.6) is 0 Å². The molecular weight excluding hydrogens is 355 g/mol. The van der Waals surface area contributed by atoms with Gasteiger partial charge in [-0.05, 0) is 56.7 Å². The van der Waals surface area contributed by atoms with E-state index in [0.29, 0.717) is 43.9 Å². The van der Waals surface area contributed by atoms with Gasteiger partial charge in [0, 0.05) is 38.7 Å². The fourth-order valence-corrected chi connectivity index (χ4v) is 4.62. The monoisotopic (exact) mass is 390 g/mol. The molecular formula is C23H35FN2O2. The number of likely N-dealkylation sites (tertiary alicyclic amines) is 1. The average molecular weight is 391 g/mol. The Labute approximate surface area is 169 Å². The maximum atomic E-state index is 13.9. The number of carbonyl (C=O) groups is 1. The third kappa shape index (κ3) is 6.28. The first-order valence-corrected chi connectivity index (χ1v) is 10.9. The summed E-state index contributed by atoms with van der Waals surface area (Å²) in [5, 5.41) is 0. The van der Waals surface area contributed by atoms with E-state index >= 15 is 0 Å². The second-order valence-corrected chi connectivity index (χ2v) is 8.50. The van der Waals surface area contributed by atoms with E-state index in [1.165, 1.54) is 31.7 Å². The number of halogens is 1. The lowest BCUT2D eigenvalue weighted by Gasteiger charge is -2.35. The van der Waals surface area contributed by atoms with Gasteiger partial charge in [-0.15, -0.1) is 0 Å². The van der Waals surface area contributed by atoms with Gasteiger partial charge in [-0.25, -0.2) is 4.39 Å². The van der Waals surface area contributed by atoms with Crippen LogP contribution in [0.4, 0.5) is 4.39 Å². The predicted molar refractivity (Wildman–Crippen MR) is 109 cm³/mol. The van der Waals surface area contributed by atoms with Crippen molar-refractivity contribution in [2.24, 2.45) is 11.8 Å². The first-order valence-electron chi connectivity index (χ1n) is 10.9. The molecule has 0 spiro atoms. The van der Waals surface area contributed by atoms with Crippen molar-refractivity contribution >= 4 is 5.91 Å². The van der Waals surface area contributed by atoms with Gasteiger partial charge in [0.25, 0.3) is 0 Å². The number of hydrogen-bond donors (Lipinski definition) is 0. The Balaban J connectivity index is 1.47. The molecule has 0 unspecified atom stereocenters. The highest BCUT2D eigenvalue weighted by molar-refractivity contribution is 5.76. The molecule has 1 aromatic carbocycles. The minimum Gasteiger partial charge on any atom is -0.383 e. The van der Waals surface area contributed by atoms with Crippen molar-refractivity contribution in [2.75, 3.05) is 39.9 Å². The van der Waals surface area contributed by atoms with Crippen LogP contribution in [-0.2, 0) is 16.1 Å². The Morgan fingerprint density at radius 3 is 2.54 bits per heavy atom. The zero-order valence-electron chi connectivity index (χ0n) is 17.2. The highest BCUT2D eigenvalue weighted by atomic mass is 19.1. The summed E-state index contributed by atoms with van der Waals surface area (Å²) in [6.45, 7) is 4.73. The van der Waals surface area contributed by atoms with Gasteiger partial charge >= 0.3 is 0 Å². The Hall–Kier alpha value is -1.46. The van der Waals surface area contributed by atoms with Crippen molar-refractivity contribution in [1.82, 2.24) is 9.80 Å². The predicted octanol–water partition coefficient (Wildman–Crippen LogP) is 4.09. The molecule has 1 aromatic rings. The standard InChI is InChI=1S/C23H35FN2O2/c1-28-15-14-26(23(27)16-19-6-2-3-7-19)17-20-10-12-25(13-11-20)18-21-8-4-5-9-22(21)24/h4-5,8-9,19-20H,2-3,6-7,10-18H2,1H3.